The number of rotatable bonds is 1. The van der Waals surface area contributed by atoms with Crippen molar-refractivity contribution in [2.24, 2.45) is 0 Å². The van der Waals surface area contributed by atoms with E-state index in [4.69, 9.17) is 9.72 Å². The van der Waals surface area contributed by atoms with Crippen molar-refractivity contribution in [3.05, 3.63) is 56.8 Å². The Morgan fingerprint density at radius 2 is 1.93 bits per heavy atom. The lowest BCUT2D eigenvalue weighted by Crippen LogP contribution is -2.44. The molecule has 7 heteroatoms. The van der Waals surface area contributed by atoms with E-state index in [0.29, 0.717) is 37.4 Å². The van der Waals surface area contributed by atoms with Crippen LogP contribution >= 0.6 is 0 Å². The zero-order valence-electron chi connectivity index (χ0n) is 14.9. The number of esters is 1. The molecule has 140 valence electrons. The van der Waals surface area contributed by atoms with E-state index in [2.05, 4.69) is 4.98 Å². The minimum absolute atomic E-state index is 0.0388. The average molecular weight is 369 g/mol. The monoisotopic (exact) mass is 369 g/mol. The van der Waals surface area contributed by atoms with Gasteiger partial charge in [-0.3, -0.25) is 9.78 Å². The van der Waals surface area contributed by atoms with Gasteiger partial charge >= 0.3 is 5.97 Å². The first kappa shape index (κ1) is 16.5. The quantitative estimate of drug-likeness (QED) is 0.782. The van der Waals surface area contributed by atoms with E-state index in [-0.39, 0.29) is 5.56 Å². The number of piperidine rings is 1. The van der Waals surface area contributed by atoms with Gasteiger partial charge < -0.3 is 9.64 Å². The summed E-state index contributed by atoms with van der Waals surface area (Å²) in [6.45, 7) is 1.21. The first-order valence-corrected chi connectivity index (χ1v) is 9.46. The van der Waals surface area contributed by atoms with Crippen LogP contribution in [0.4, 0.5) is 10.3 Å². The zero-order chi connectivity index (χ0) is 18.6. The summed E-state index contributed by atoms with van der Waals surface area (Å²) in [5, 5.41) is 0. The largest absolute Gasteiger partial charge is 0.450 e. The number of nitrogens with zero attached hydrogens (tertiary/aromatic N) is 2. The lowest BCUT2D eigenvalue weighted by atomic mass is 9.84. The number of hydrogen-bond donors (Lipinski definition) is 1. The fourth-order valence-electron chi connectivity index (χ4n) is 4.56. The van der Waals surface area contributed by atoms with Gasteiger partial charge in [0.2, 0.25) is 5.95 Å². The Hall–Kier alpha value is -2.70. The summed E-state index contributed by atoms with van der Waals surface area (Å²) in [6.07, 6.45) is 4.91. The maximum Gasteiger partial charge on any atom is 0.339 e. The van der Waals surface area contributed by atoms with Crippen LogP contribution in [0.2, 0.25) is 0 Å². The Labute approximate surface area is 155 Å². The molecule has 1 aliphatic carbocycles. The lowest BCUT2D eigenvalue weighted by molar-refractivity contribution is -0.0211. The van der Waals surface area contributed by atoms with Crippen LogP contribution in [-0.4, -0.2) is 29.0 Å². The highest BCUT2D eigenvalue weighted by molar-refractivity contribution is 5.94. The number of halogens is 1. The Balaban J connectivity index is 1.41. The zero-order valence-corrected chi connectivity index (χ0v) is 14.9. The first-order valence-electron chi connectivity index (χ1n) is 9.46. The number of anilines is 1. The minimum atomic E-state index is -0.703. The van der Waals surface area contributed by atoms with Crippen molar-refractivity contribution in [2.75, 3.05) is 18.0 Å². The number of H-pyrrole nitrogens is 1. The maximum atomic E-state index is 13.5. The molecule has 1 N–H and O–H groups in total. The van der Waals surface area contributed by atoms with Gasteiger partial charge in [0.1, 0.15) is 11.4 Å². The molecule has 0 atom stereocenters. The fourth-order valence-corrected chi connectivity index (χ4v) is 4.56. The normalized spacial score (nSPS) is 20.3. The van der Waals surface area contributed by atoms with Gasteiger partial charge in [-0.05, 0) is 37.8 Å². The number of aromatic amines is 1. The van der Waals surface area contributed by atoms with Crippen LogP contribution in [-0.2, 0) is 23.2 Å². The molecule has 0 saturated carbocycles. The maximum absolute atomic E-state index is 13.5. The van der Waals surface area contributed by atoms with Gasteiger partial charge in [0, 0.05) is 37.1 Å². The molecule has 0 radical (unpaired) electrons. The molecule has 0 unspecified atom stereocenters. The van der Waals surface area contributed by atoms with Gasteiger partial charge in [-0.2, -0.15) is 0 Å². The smallest absolute Gasteiger partial charge is 0.339 e. The third-order valence-electron chi connectivity index (χ3n) is 6.03. The van der Waals surface area contributed by atoms with E-state index >= 15 is 0 Å². The summed E-state index contributed by atoms with van der Waals surface area (Å²) in [7, 11) is 0. The molecule has 2 aromatic rings. The Morgan fingerprint density at radius 3 is 2.74 bits per heavy atom. The van der Waals surface area contributed by atoms with Crippen molar-refractivity contribution in [3.63, 3.8) is 0 Å². The van der Waals surface area contributed by atoms with Crippen molar-refractivity contribution in [1.29, 1.82) is 0 Å². The molecular weight excluding hydrogens is 349 g/mol. The Morgan fingerprint density at radius 1 is 1.15 bits per heavy atom. The molecule has 1 spiro atoms. The summed E-state index contributed by atoms with van der Waals surface area (Å²) in [6, 6.07) is 4.28. The Kier molecular flexibility index (Phi) is 3.60. The highest BCUT2D eigenvalue weighted by Crippen LogP contribution is 2.44. The molecule has 1 saturated heterocycles. The van der Waals surface area contributed by atoms with Crippen LogP contribution in [0.25, 0.3) is 0 Å². The molecule has 5 rings (SSSR count). The summed E-state index contributed by atoms with van der Waals surface area (Å²) >= 11 is 0. The number of benzene rings is 1. The van der Waals surface area contributed by atoms with Crippen LogP contribution in [0.15, 0.2) is 23.0 Å². The average Bonchev–Trinajstić information content (AvgIpc) is 2.93. The summed E-state index contributed by atoms with van der Waals surface area (Å²) < 4.78 is 19.2. The van der Waals surface area contributed by atoms with E-state index in [1.165, 1.54) is 12.1 Å². The van der Waals surface area contributed by atoms with Crippen molar-refractivity contribution >= 4 is 11.9 Å². The van der Waals surface area contributed by atoms with Crippen molar-refractivity contribution < 1.29 is 13.9 Å². The molecule has 3 aliphatic rings. The van der Waals surface area contributed by atoms with Gasteiger partial charge in [-0.1, -0.05) is 6.07 Å². The van der Waals surface area contributed by atoms with Crippen LogP contribution in [0.3, 0.4) is 0 Å². The number of nitrogens with one attached hydrogen (secondary N) is 1. The van der Waals surface area contributed by atoms with Gasteiger partial charge in [0.25, 0.3) is 5.56 Å². The van der Waals surface area contributed by atoms with Crippen LogP contribution < -0.4 is 10.5 Å². The van der Waals surface area contributed by atoms with Crippen LogP contribution in [0.5, 0.6) is 0 Å². The van der Waals surface area contributed by atoms with Gasteiger partial charge in [-0.25, -0.2) is 14.2 Å². The molecule has 1 aromatic heterocycles. The van der Waals surface area contributed by atoms with E-state index < -0.39 is 17.4 Å². The van der Waals surface area contributed by atoms with Crippen molar-refractivity contribution in [1.82, 2.24) is 9.97 Å². The third kappa shape index (κ3) is 2.56. The first-order chi connectivity index (χ1) is 13.1. The predicted molar refractivity (Wildman–Crippen MR) is 96.4 cm³/mol. The highest BCUT2D eigenvalue weighted by atomic mass is 19.1. The summed E-state index contributed by atoms with van der Waals surface area (Å²) in [4.78, 5) is 34.2. The number of carbonyl (C=O) groups is 1. The highest BCUT2D eigenvalue weighted by Gasteiger charge is 2.47. The molecule has 6 nitrogen and oxygen atoms in total. The molecule has 2 aliphatic heterocycles. The second-order valence-electron chi connectivity index (χ2n) is 7.58. The Bertz CT molecular complexity index is 992. The van der Waals surface area contributed by atoms with E-state index in [0.717, 1.165) is 42.5 Å². The number of fused-ring (bicyclic) bond motifs is 3. The van der Waals surface area contributed by atoms with Crippen LogP contribution in [0, 0.1) is 5.82 Å². The lowest BCUT2D eigenvalue weighted by Gasteiger charge is -2.39. The second kappa shape index (κ2) is 5.90. The molecule has 3 heterocycles. The van der Waals surface area contributed by atoms with Crippen LogP contribution in [0.1, 0.15) is 52.9 Å². The summed E-state index contributed by atoms with van der Waals surface area (Å²) in [5.41, 5.74) is 2.07. The SMILES string of the molecule is O=C1OC2(CCN(c3nc4c(c(=O)[nH]3)CCCC4)CC2)c2ccc(F)cc21. The molecular formula is C20H20FN3O3. The molecule has 0 amide bonds. The van der Waals surface area contributed by atoms with Gasteiger partial charge in [0.05, 0.1) is 11.3 Å². The minimum Gasteiger partial charge on any atom is -0.450 e. The summed E-state index contributed by atoms with van der Waals surface area (Å²) in [5.74, 6) is -0.298. The topological polar surface area (TPSA) is 75.3 Å². The fraction of sp³-hybridized carbons (Fsp3) is 0.450. The van der Waals surface area contributed by atoms with E-state index in [1.807, 2.05) is 4.90 Å². The molecule has 1 fully saturated rings. The second-order valence-corrected chi connectivity index (χ2v) is 7.58. The van der Waals surface area contributed by atoms with Crippen molar-refractivity contribution in [2.45, 2.75) is 44.1 Å². The predicted octanol–water partition coefficient (Wildman–Crippen LogP) is 2.45. The van der Waals surface area contributed by atoms with E-state index in [1.54, 1.807) is 6.07 Å². The number of aryl methyl sites for hydroxylation is 1. The number of hydrogen-bond acceptors (Lipinski definition) is 5. The number of carbonyl (C=O) groups excluding carboxylic acids is 1. The number of aromatic nitrogens is 2. The van der Waals surface area contributed by atoms with Gasteiger partial charge in [-0.15, -0.1) is 0 Å². The van der Waals surface area contributed by atoms with Gasteiger partial charge in [0.15, 0.2) is 0 Å². The number of ether oxygens (including phenoxy) is 1. The molecule has 0 bridgehead atoms. The molecule has 27 heavy (non-hydrogen) atoms. The van der Waals surface area contributed by atoms with Crippen molar-refractivity contribution in [3.8, 4) is 0 Å². The third-order valence-corrected chi connectivity index (χ3v) is 6.03. The standard InChI is InChI=1S/C20H20FN3O3/c21-12-5-6-15-14(11-12)18(26)27-20(15)7-9-24(10-8-20)19-22-16-4-2-1-3-13(16)17(25)23-19/h5-6,11H,1-4,7-10H2,(H,22,23,25). The van der Waals surface area contributed by atoms with E-state index in [9.17, 15) is 14.0 Å². The molecule has 1 aromatic carbocycles.